The molecule has 0 aliphatic heterocycles. The average molecular weight is 278 g/mol. The molecular weight excluding hydrogens is 248 g/mol. The van der Waals surface area contributed by atoms with Gasteiger partial charge in [0.15, 0.2) is 0 Å². The number of rotatable bonds is 8. The predicted molar refractivity (Wildman–Crippen MR) is 87.7 cm³/mol. The van der Waals surface area contributed by atoms with E-state index in [9.17, 15) is 0 Å². The molecule has 4 nitrogen and oxygen atoms in total. The van der Waals surface area contributed by atoms with Gasteiger partial charge >= 0.3 is 0 Å². The summed E-state index contributed by atoms with van der Waals surface area (Å²) in [6, 6.07) is 0.492. The fraction of sp³-hybridized carbons (Fsp3) is 0.750. The lowest BCUT2D eigenvalue weighted by atomic mass is 10.0. The second-order valence-corrected chi connectivity index (χ2v) is 5.58. The van der Waals surface area contributed by atoms with Gasteiger partial charge in [0.2, 0.25) is 0 Å². The topological polar surface area (TPSA) is 41.1 Å². The Bertz CT molecular complexity index is 403. The third-order valence-corrected chi connectivity index (χ3v) is 3.72. The van der Waals surface area contributed by atoms with Crippen LogP contribution in [0.25, 0.3) is 0 Å². The Balaban J connectivity index is 3.23. The van der Waals surface area contributed by atoms with Gasteiger partial charge in [0.05, 0.1) is 0 Å². The van der Waals surface area contributed by atoms with Crippen LogP contribution in [0.4, 0.5) is 11.6 Å². The molecule has 114 valence electrons. The van der Waals surface area contributed by atoms with Crippen LogP contribution in [0.2, 0.25) is 0 Å². The highest BCUT2D eigenvalue weighted by atomic mass is 15.2. The molecule has 1 N–H and O–H groups in total. The van der Waals surface area contributed by atoms with Crippen molar-refractivity contribution in [2.45, 2.75) is 66.3 Å². The number of anilines is 2. The van der Waals surface area contributed by atoms with Crippen LogP contribution in [0.1, 0.15) is 65.9 Å². The van der Waals surface area contributed by atoms with Crippen LogP contribution >= 0.6 is 0 Å². The van der Waals surface area contributed by atoms with E-state index in [-0.39, 0.29) is 0 Å². The van der Waals surface area contributed by atoms with Crippen LogP contribution in [0, 0.1) is 0 Å². The Morgan fingerprint density at radius 2 is 1.85 bits per heavy atom. The summed E-state index contributed by atoms with van der Waals surface area (Å²) < 4.78 is 0. The van der Waals surface area contributed by atoms with Crippen molar-refractivity contribution in [3.63, 3.8) is 0 Å². The fourth-order valence-corrected chi connectivity index (χ4v) is 2.42. The highest BCUT2D eigenvalue weighted by Gasteiger charge is 2.21. The lowest BCUT2D eigenvalue weighted by Crippen LogP contribution is -2.34. The molecule has 0 saturated carbocycles. The van der Waals surface area contributed by atoms with Gasteiger partial charge in [-0.15, -0.1) is 0 Å². The first-order valence-electron chi connectivity index (χ1n) is 7.92. The van der Waals surface area contributed by atoms with Gasteiger partial charge in [0.25, 0.3) is 0 Å². The second-order valence-electron chi connectivity index (χ2n) is 5.58. The zero-order valence-corrected chi connectivity index (χ0v) is 13.9. The first kappa shape index (κ1) is 16.7. The molecule has 0 aliphatic carbocycles. The molecule has 1 heterocycles. The van der Waals surface area contributed by atoms with Gasteiger partial charge < -0.3 is 10.2 Å². The number of nitrogens with zero attached hydrogens (tertiary/aromatic N) is 3. The Morgan fingerprint density at radius 3 is 2.35 bits per heavy atom. The number of hydrogen-bond donors (Lipinski definition) is 1. The zero-order chi connectivity index (χ0) is 15.1. The minimum Gasteiger partial charge on any atom is -0.370 e. The van der Waals surface area contributed by atoms with E-state index in [4.69, 9.17) is 0 Å². The summed E-state index contributed by atoms with van der Waals surface area (Å²) >= 11 is 0. The lowest BCUT2D eigenvalue weighted by Gasteiger charge is -2.31. The molecule has 20 heavy (non-hydrogen) atoms. The number of hydrogen-bond acceptors (Lipinski definition) is 4. The molecule has 1 rings (SSSR count). The van der Waals surface area contributed by atoms with Crippen molar-refractivity contribution in [1.82, 2.24) is 9.97 Å². The van der Waals surface area contributed by atoms with Crippen LogP contribution in [0.15, 0.2) is 6.33 Å². The highest BCUT2D eigenvalue weighted by molar-refractivity contribution is 5.60. The van der Waals surface area contributed by atoms with Crippen LogP contribution in [0.3, 0.4) is 0 Å². The van der Waals surface area contributed by atoms with E-state index in [0.717, 1.165) is 37.6 Å². The van der Waals surface area contributed by atoms with Gasteiger partial charge in [-0.2, -0.15) is 0 Å². The second kappa shape index (κ2) is 8.08. The van der Waals surface area contributed by atoms with Crippen molar-refractivity contribution in [2.24, 2.45) is 0 Å². The average Bonchev–Trinajstić information content (AvgIpc) is 2.45. The smallest absolute Gasteiger partial charge is 0.137 e. The van der Waals surface area contributed by atoms with Gasteiger partial charge in [-0.1, -0.05) is 27.7 Å². The molecule has 0 saturated heterocycles. The molecule has 0 aliphatic rings. The van der Waals surface area contributed by atoms with E-state index in [1.165, 1.54) is 5.56 Å². The molecule has 0 aromatic carbocycles. The molecule has 0 amide bonds. The molecule has 0 fully saturated rings. The van der Waals surface area contributed by atoms with Crippen molar-refractivity contribution < 1.29 is 0 Å². The summed E-state index contributed by atoms with van der Waals surface area (Å²) in [5, 5.41) is 3.44. The van der Waals surface area contributed by atoms with Gasteiger partial charge in [-0.05, 0) is 32.6 Å². The molecular formula is C16H30N4. The standard InChI is InChI=1S/C16H30N4/c1-7-10-17-15-14(12(4)5)16(19-11-18-15)20(9-3)13(6)8-2/h11-13H,7-10H2,1-6H3,(H,17,18,19). The summed E-state index contributed by atoms with van der Waals surface area (Å²) in [4.78, 5) is 11.4. The third-order valence-electron chi connectivity index (χ3n) is 3.72. The molecule has 1 aromatic rings. The molecule has 0 bridgehead atoms. The summed E-state index contributed by atoms with van der Waals surface area (Å²) in [6.07, 6.45) is 3.90. The molecule has 1 aromatic heterocycles. The Labute approximate surface area is 124 Å². The van der Waals surface area contributed by atoms with Crippen molar-refractivity contribution in [3.05, 3.63) is 11.9 Å². The maximum atomic E-state index is 4.58. The quantitative estimate of drug-likeness (QED) is 0.779. The van der Waals surface area contributed by atoms with Gasteiger partial charge in [-0.3, -0.25) is 0 Å². The van der Waals surface area contributed by atoms with E-state index in [1.807, 2.05) is 0 Å². The van der Waals surface area contributed by atoms with Gasteiger partial charge in [-0.25, -0.2) is 9.97 Å². The maximum Gasteiger partial charge on any atom is 0.137 e. The SMILES string of the molecule is CCCNc1ncnc(N(CC)C(C)CC)c1C(C)C. The summed E-state index contributed by atoms with van der Waals surface area (Å²) in [5.41, 5.74) is 1.24. The van der Waals surface area contributed by atoms with E-state index in [2.05, 4.69) is 61.7 Å². The van der Waals surface area contributed by atoms with Crippen molar-refractivity contribution >= 4 is 11.6 Å². The minimum absolute atomic E-state index is 0.406. The summed E-state index contributed by atoms with van der Waals surface area (Å²) in [5.74, 6) is 2.49. The normalized spacial score (nSPS) is 12.6. The first-order chi connectivity index (χ1) is 9.56. The van der Waals surface area contributed by atoms with Crippen LogP contribution < -0.4 is 10.2 Å². The van der Waals surface area contributed by atoms with Crippen LogP contribution in [-0.2, 0) is 0 Å². The zero-order valence-electron chi connectivity index (χ0n) is 13.9. The molecule has 4 heteroatoms. The molecule has 0 spiro atoms. The number of aromatic nitrogens is 2. The van der Waals surface area contributed by atoms with Crippen molar-refractivity contribution in [1.29, 1.82) is 0 Å². The Hall–Kier alpha value is -1.32. The van der Waals surface area contributed by atoms with E-state index < -0.39 is 0 Å². The van der Waals surface area contributed by atoms with E-state index in [1.54, 1.807) is 6.33 Å². The Morgan fingerprint density at radius 1 is 1.15 bits per heavy atom. The molecule has 1 atom stereocenters. The van der Waals surface area contributed by atoms with Crippen LogP contribution in [-0.4, -0.2) is 29.1 Å². The summed E-state index contributed by atoms with van der Waals surface area (Å²) in [7, 11) is 0. The molecule has 1 unspecified atom stereocenters. The van der Waals surface area contributed by atoms with E-state index >= 15 is 0 Å². The third kappa shape index (κ3) is 3.84. The summed E-state index contributed by atoms with van der Waals surface area (Å²) in [6.45, 7) is 15.2. The monoisotopic (exact) mass is 278 g/mol. The Kier molecular flexibility index (Phi) is 6.76. The molecule has 0 radical (unpaired) electrons. The van der Waals surface area contributed by atoms with Crippen LogP contribution in [0.5, 0.6) is 0 Å². The van der Waals surface area contributed by atoms with E-state index in [0.29, 0.717) is 12.0 Å². The minimum atomic E-state index is 0.406. The van der Waals surface area contributed by atoms with Gasteiger partial charge in [0.1, 0.15) is 18.0 Å². The van der Waals surface area contributed by atoms with Gasteiger partial charge in [0, 0.05) is 24.7 Å². The van der Waals surface area contributed by atoms with Crippen molar-refractivity contribution in [3.8, 4) is 0 Å². The maximum absolute atomic E-state index is 4.58. The lowest BCUT2D eigenvalue weighted by molar-refractivity contribution is 0.616. The number of nitrogens with one attached hydrogen (secondary N) is 1. The largest absolute Gasteiger partial charge is 0.370 e. The highest BCUT2D eigenvalue weighted by Crippen LogP contribution is 2.32. The fourth-order valence-electron chi connectivity index (χ4n) is 2.42. The first-order valence-corrected chi connectivity index (χ1v) is 7.92. The predicted octanol–water partition coefficient (Wildman–Crippen LogP) is 4.05. The van der Waals surface area contributed by atoms with Crippen molar-refractivity contribution in [2.75, 3.05) is 23.3 Å².